The van der Waals surface area contributed by atoms with Crippen LogP contribution in [0.15, 0.2) is 30.3 Å². The zero-order valence-corrected chi connectivity index (χ0v) is 15.3. The van der Waals surface area contributed by atoms with Gasteiger partial charge in [-0.15, -0.1) is 0 Å². The first-order chi connectivity index (χ1) is 11.7. The molecule has 2 aliphatic heterocycles. The minimum absolute atomic E-state index is 0.181. The number of carbonyl (C=O) groups excluding carboxylic acids is 1. The summed E-state index contributed by atoms with van der Waals surface area (Å²) in [6, 6.07) is 9.99. The van der Waals surface area contributed by atoms with Crippen LogP contribution in [0.5, 0.6) is 0 Å². The number of benzene rings is 1. The molecule has 5 heteroatoms. The molecule has 3 rings (SSSR count). The van der Waals surface area contributed by atoms with Gasteiger partial charge < -0.3 is 10.0 Å². The molecule has 0 radical (unpaired) electrons. The fourth-order valence-electron chi connectivity index (χ4n) is 3.76. The third-order valence-electron chi connectivity index (χ3n) is 5.21. The number of amides is 1. The van der Waals surface area contributed by atoms with Crippen LogP contribution >= 0.6 is 11.8 Å². The van der Waals surface area contributed by atoms with Crippen LogP contribution in [0, 0.1) is 5.92 Å². The number of likely N-dealkylation sites (tertiary alicyclic amines) is 1. The lowest BCUT2D eigenvalue weighted by Crippen LogP contribution is -2.49. The van der Waals surface area contributed by atoms with Crippen molar-refractivity contribution < 1.29 is 9.90 Å². The SMILES string of the molecule is CC(O)C1CCCN(C(=O)C(c2ccccc2)N2CCSCC2)C1. The molecule has 4 nitrogen and oxygen atoms in total. The summed E-state index contributed by atoms with van der Waals surface area (Å²) >= 11 is 1.96. The number of aliphatic hydroxyl groups is 1. The number of hydrogen-bond acceptors (Lipinski definition) is 4. The summed E-state index contributed by atoms with van der Waals surface area (Å²) in [4.78, 5) is 17.7. The van der Waals surface area contributed by atoms with Crippen molar-refractivity contribution in [3.8, 4) is 0 Å². The smallest absolute Gasteiger partial charge is 0.244 e. The summed E-state index contributed by atoms with van der Waals surface area (Å²) in [6.07, 6.45) is 1.65. The highest BCUT2D eigenvalue weighted by molar-refractivity contribution is 7.99. The number of nitrogens with zero attached hydrogens (tertiary/aromatic N) is 2. The van der Waals surface area contributed by atoms with E-state index in [0.717, 1.165) is 49.5 Å². The second-order valence-corrected chi connectivity index (χ2v) is 8.11. The summed E-state index contributed by atoms with van der Waals surface area (Å²) in [5.74, 6) is 2.59. The molecule has 1 amide bonds. The monoisotopic (exact) mass is 348 g/mol. The summed E-state index contributed by atoms with van der Waals surface area (Å²) in [5, 5.41) is 9.93. The van der Waals surface area contributed by atoms with Gasteiger partial charge in [0.05, 0.1) is 6.10 Å². The number of piperidine rings is 1. The molecule has 2 fully saturated rings. The summed E-state index contributed by atoms with van der Waals surface area (Å²) in [5.41, 5.74) is 1.09. The van der Waals surface area contributed by atoms with E-state index in [1.54, 1.807) is 0 Å². The van der Waals surface area contributed by atoms with E-state index >= 15 is 0 Å². The predicted octanol–water partition coefficient (Wildman–Crippen LogP) is 2.40. The molecule has 1 aromatic rings. The van der Waals surface area contributed by atoms with Gasteiger partial charge in [-0.05, 0) is 25.3 Å². The van der Waals surface area contributed by atoms with Crippen molar-refractivity contribution in [2.75, 3.05) is 37.7 Å². The van der Waals surface area contributed by atoms with E-state index in [0.29, 0.717) is 6.54 Å². The number of aliphatic hydroxyl groups excluding tert-OH is 1. The van der Waals surface area contributed by atoms with E-state index in [-0.39, 0.29) is 24.0 Å². The zero-order valence-electron chi connectivity index (χ0n) is 14.4. The quantitative estimate of drug-likeness (QED) is 0.907. The summed E-state index contributed by atoms with van der Waals surface area (Å²) in [6.45, 7) is 5.26. The lowest BCUT2D eigenvalue weighted by atomic mass is 9.92. The van der Waals surface area contributed by atoms with Gasteiger partial charge >= 0.3 is 0 Å². The molecular formula is C19H28N2O2S. The Hall–Kier alpha value is -1.04. The van der Waals surface area contributed by atoms with Gasteiger partial charge in [-0.1, -0.05) is 30.3 Å². The molecule has 2 heterocycles. The van der Waals surface area contributed by atoms with Gasteiger partial charge in [-0.25, -0.2) is 0 Å². The molecule has 132 valence electrons. The molecule has 3 atom stereocenters. The first-order valence-electron chi connectivity index (χ1n) is 9.00. The Morgan fingerprint density at radius 3 is 2.58 bits per heavy atom. The van der Waals surface area contributed by atoms with Gasteiger partial charge in [-0.2, -0.15) is 11.8 Å². The van der Waals surface area contributed by atoms with Crippen LogP contribution in [0.2, 0.25) is 0 Å². The molecular weight excluding hydrogens is 320 g/mol. The standard InChI is InChI=1S/C19H28N2O2S/c1-15(22)17-8-5-9-21(14-17)19(23)18(16-6-3-2-4-7-16)20-10-12-24-13-11-20/h2-4,6-7,15,17-18,22H,5,8-14H2,1H3. The molecule has 1 aromatic carbocycles. The van der Waals surface area contributed by atoms with Crippen LogP contribution < -0.4 is 0 Å². The Labute approximate surface area is 149 Å². The second-order valence-electron chi connectivity index (χ2n) is 6.89. The maximum absolute atomic E-state index is 13.4. The fourth-order valence-corrected chi connectivity index (χ4v) is 4.69. The maximum Gasteiger partial charge on any atom is 0.244 e. The molecule has 0 saturated carbocycles. The van der Waals surface area contributed by atoms with Crippen molar-refractivity contribution in [2.45, 2.75) is 31.9 Å². The summed E-state index contributed by atoms with van der Waals surface area (Å²) in [7, 11) is 0. The fraction of sp³-hybridized carbons (Fsp3) is 0.632. The first kappa shape index (κ1) is 17.8. The number of thioether (sulfide) groups is 1. The minimum Gasteiger partial charge on any atom is -0.393 e. The van der Waals surface area contributed by atoms with E-state index in [9.17, 15) is 9.90 Å². The molecule has 1 N–H and O–H groups in total. The van der Waals surface area contributed by atoms with Crippen LogP contribution in [0.25, 0.3) is 0 Å². The second kappa shape index (κ2) is 8.37. The van der Waals surface area contributed by atoms with Crippen molar-refractivity contribution in [3.63, 3.8) is 0 Å². The highest BCUT2D eigenvalue weighted by atomic mass is 32.2. The topological polar surface area (TPSA) is 43.8 Å². The number of hydrogen-bond donors (Lipinski definition) is 1. The average Bonchev–Trinajstić information content (AvgIpc) is 2.64. The Morgan fingerprint density at radius 2 is 1.92 bits per heavy atom. The molecule has 2 saturated heterocycles. The van der Waals surface area contributed by atoms with Crippen LogP contribution in [-0.2, 0) is 4.79 Å². The van der Waals surface area contributed by atoms with Gasteiger partial charge in [-0.3, -0.25) is 9.69 Å². The lowest BCUT2D eigenvalue weighted by molar-refractivity contribution is -0.140. The molecule has 0 spiro atoms. The Bertz CT molecular complexity index is 531. The van der Waals surface area contributed by atoms with E-state index in [1.807, 2.05) is 41.8 Å². The van der Waals surface area contributed by atoms with Crippen molar-refractivity contribution in [3.05, 3.63) is 35.9 Å². The van der Waals surface area contributed by atoms with E-state index in [4.69, 9.17) is 0 Å². The van der Waals surface area contributed by atoms with E-state index in [1.165, 1.54) is 0 Å². The zero-order chi connectivity index (χ0) is 16.9. The van der Waals surface area contributed by atoms with Crippen molar-refractivity contribution in [1.82, 2.24) is 9.80 Å². The Kier molecular flexibility index (Phi) is 6.19. The first-order valence-corrected chi connectivity index (χ1v) is 10.2. The van der Waals surface area contributed by atoms with Crippen LogP contribution in [0.1, 0.15) is 31.4 Å². The Morgan fingerprint density at radius 1 is 1.21 bits per heavy atom. The van der Waals surface area contributed by atoms with Crippen LogP contribution in [0.3, 0.4) is 0 Å². The average molecular weight is 349 g/mol. The molecule has 0 bridgehead atoms. The van der Waals surface area contributed by atoms with Crippen molar-refractivity contribution in [1.29, 1.82) is 0 Å². The van der Waals surface area contributed by atoms with E-state index < -0.39 is 0 Å². The van der Waals surface area contributed by atoms with Crippen LogP contribution in [0.4, 0.5) is 0 Å². The van der Waals surface area contributed by atoms with Gasteiger partial charge in [0.2, 0.25) is 5.91 Å². The van der Waals surface area contributed by atoms with Crippen molar-refractivity contribution in [2.24, 2.45) is 5.92 Å². The molecule has 0 aliphatic carbocycles. The minimum atomic E-state index is -0.345. The predicted molar refractivity (Wildman–Crippen MR) is 99.1 cm³/mol. The van der Waals surface area contributed by atoms with Gasteiger partial charge in [0.1, 0.15) is 6.04 Å². The van der Waals surface area contributed by atoms with Crippen LogP contribution in [-0.4, -0.2) is 64.6 Å². The van der Waals surface area contributed by atoms with Gasteiger partial charge in [0.15, 0.2) is 0 Å². The number of carbonyl (C=O) groups is 1. The highest BCUT2D eigenvalue weighted by Gasteiger charge is 2.35. The van der Waals surface area contributed by atoms with Crippen molar-refractivity contribution >= 4 is 17.7 Å². The third-order valence-corrected chi connectivity index (χ3v) is 6.15. The van der Waals surface area contributed by atoms with E-state index in [2.05, 4.69) is 17.0 Å². The Balaban J connectivity index is 1.80. The normalized spacial score (nSPS) is 25.2. The maximum atomic E-state index is 13.4. The third kappa shape index (κ3) is 4.13. The van der Waals surface area contributed by atoms with Gasteiger partial charge in [0.25, 0.3) is 0 Å². The molecule has 24 heavy (non-hydrogen) atoms. The number of rotatable bonds is 4. The summed E-state index contributed by atoms with van der Waals surface area (Å²) < 4.78 is 0. The lowest BCUT2D eigenvalue weighted by Gasteiger charge is -2.40. The molecule has 0 aromatic heterocycles. The molecule has 2 aliphatic rings. The largest absolute Gasteiger partial charge is 0.393 e. The highest BCUT2D eigenvalue weighted by Crippen LogP contribution is 2.29. The molecule has 3 unspecified atom stereocenters. The van der Waals surface area contributed by atoms with Gasteiger partial charge in [0, 0.05) is 43.6 Å².